The van der Waals surface area contributed by atoms with Crippen molar-refractivity contribution in [3.05, 3.63) is 0 Å². The molecule has 12 nitrogen and oxygen atoms in total. The Balaban J connectivity index is 2.36. The van der Waals surface area contributed by atoms with Crippen LogP contribution < -0.4 is 0 Å². The van der Waals surface area contributed by atoms with Crippen LogP contribution in [0.4, 0.5) is 0 Å². The fraction of sp³-hybridized carbons (Fsp3) is 0.968. The molecule has 44 heavy (non-hydrogen) atoms. The van der Waals surface area contributed by atoms with E-state index in [1.807, 2.05) is 6.92 Å². The molecule has 1 fully saturated rings. The predicted molar refractivity (Wildman–Crippen MR) is 165 cm³/mol. The van der Waals surface area contributed by atoms with Crippen molar-refractivity contribution in [2.45, 2.75) is 166 Å². The average Bonchev–Trinajstić information content (AvgIpc) is 2.98. The number of hydrogen-bond donors (Lipinski definition) is 4. The van der Waals surface area contributed by atoms with Crippen molar-refractivity contribution < 1.29 is 56.2 Å². The zero-order valence-electron chi connectivity index (χ0n) is 27.0. The predicted octanol–water partition coefficient (Wildman–Crippen LogP) is 4.62. The highest BCUT2D eigenvalue weighted by Crippen LogP contribution is 2.26. The molecule has 0 saturated carbocycles. The summed E-state index contributed by atoms with van der Waals surface area (Å²) in [6, 6.07) is 0. The van der Waals surface area contributed by atoms with Gasteiger partial charge in [0.15, 0.2) is 6.29 Å². The molecule has 4 N–H and O–H groups in total. The summed E-state index contributed by atoms with van der Waals surface area (Å²) < 4.78 is 58.0. The van der Waals surface area contributed by atoms with E-state index in [2.05, 4.69) is 11.1 Å². The summed E-state index contributed by atoms with van der Waals surface area (Å²) >= 11 is 0. The number of unbranched alkanes of at least 4 members (excludes halogenated alkanes) is 15. The van der Waals surface area contributed by atoms with Crippen molar-refractivity contribution in [2.24, 2.45) is 0 Å². The van der Waals surface area contributed by atoms with Gasteiger partial charge in [0.1, 0.15) is 30.5 Å². The van der Waals surface area contributed by atoms with E-state index in [1.54, 1.807) is 0 Å². The van der Waals surface area contributed by atoms with Gasteiger partial charge in [0, 0.05) is 13.0 Å². The highest BCUT2D eigenvalue weighted by atomic mass is 32.3. The normalized spacial score (nSPS) is 23.1. The third kappa shape index (κ3) is 19.6. The fourth-order valence-corrected chi connectivity index (χ4v) is 5.63. The summed E-state index contributed by atoms with van der Waals surface area (Å²) in [6.45, 7) is 3.71. The van der Waals surface area contributed by atoms with Crippen molar-refractivity contribution >= 4 is 16.4 Å². The van der Waals surface area contributed by atoms with Crippen LogP contribution in [-0.4, -0.2) is 97.5 Å². The monoisotopic (exact) mass is 656 g/mol. The number of carbonyl (C=O) groups is 1. The molecular formula is C31H60O12S. The van der Waals surface area contributed by atoms with Crippen LogP contribution in [0.2, 0.25) is 0 Å². The van der Waals surface area contributed by atoms with Gasteiger partial charge in [-0.25, -0.2) is 4.18 Å². The van der Waals surface area contributed by atoms with Crippen LogP contribution in [0.15, 0.2) is 0 Å². The molecule has 13 heteroatoms. The van der Waals surface area contributed by atoms with Gasteiger partial charge in [0.2, 0.25) is 0 Å². The summed E-state index contributed by atoms with van der Waals surface area (Å²) in [6.07, 6.45) is 11.4. The van der Waals surface area contributed by atoms with Crippen LogP contribution in [0.3, 0.4) is 0 Å². The summed E-state index contributed by atoms with van der Waals surface area (Å²) in [4.78, 5) is 12.3. The Labute approximate surface area is 265 Å². The molecule has 0 aliphatic carbocycles. The molecule has 6 atom stereocenters. The molecule has 0 radical (unpaired) electrons. The Morgan fingerprint density at radius 3 is 1.80 bits per heavy atom. The smallest absolute Gasteiger partial charge is 0.397 e. The van der Waals surface area contributed by atoms with Gasteiger partial charge in [-0.2, -0.15) is 8.42 Å². The maximum Gasteiger partial charge on any atom is 0.397 e. The lowest BCUT2D eigenvalue weighted by molar-refractivity contribution is -0.301. The van der Waals surface area contributed by atoms with Gasteiger partial charge in [-0.1, -0.05) is 110 Å². The van der Waals surface area contributed by atoms with E-state index in [0.29, 0.717) is 13.0 Å². The number of aliphatic hydroxyl groups is 3. The first-order valence-electron chi connectivity index (χ1n) is 16.8. The molecule has 1 rings (SSSR count). The third-order valence-corrected chi connectivity index (χ3v) is 8.19. The van der Waals surface area contributed by atoms with Crippen molar-refractivity contribution in [2.75, 3.05) is 26.4 Å². The average molecular weight is 657 g/mol. The number of rotatable bonds is 28. The van der Waals surface area contributed by atoms with E-state index in [4.69, 9.17) is 23.5 Å². The zero-order valence-corrected chi connectivity index (χ0v) is 27.8. The second-order valence-corrected chi connectivity index (χ2v) is 12.8. The second-order valence-electron chi connectivity index (χ2n) is 11.8. The van der Waals surface area contributed by atoms with Crippen LogP contribution in [-0.2, 0) is 38.3 Å². The minimum atomic E-state index is -5.04. The molecule has 0 aromatic carbocycles. The van der Waals surface area contributed by atoms with Crippen LogP contribution >= 0.6 is 0 Å². The Kier molecular flexibility index (Phi) is 23.6. The minimum absolute atomic E-state index is 0.0380. The second kappa shape index (κ2) is 25.2. The standard InChI is InChI=1S/C31H60O12S/c1-3-5-7-8-9-10-11-12-13-14-15-16-17-18-19-21-39-23-25(41-27(33)20-6-4-2)24-40-31-29(35)30(43-44(36,37)38)28(34)26(22-32)42-31/h25-26,28-32,34-35H,3-24H2,1-2H3,(H,36,37,38). The van der Waals surface area contributed by atoms with Crippen molar-refractivity contribution in [1.82, 2.24) is 0 Å². The van der Waals surface area contributed by atoms with E-state index in [9.17, 15) is 28.5 Å². The van der Waals surface area contributed by atoms with E-state index >= 15 is 0 Å². The topological polar surface area (TPSA) is 178 Å². The van der Waals surface area contributed by atoms with Crippen molar-refractivity contribution in [3.63, 3.8) is 0 Å². The highest BCUT2D eigenvalue weighted by molar-refractivity contribution is 7.80. The van der Waals surface area contributed by atoms with Gasteiger partial charge in [-0.15, -0.1) is 0 Å². The molecule has 1 aliphatic heterocycles. The van der Waals surface area contributed by atoms with E-state index in [-0.39, 0.29) is 19.6 Å². The molecule has 6 unspecified atom stereocenters. The molecule has 262 valence electrons. The third-order valence-electron chi connectivity index (χ3n) is 7.73. The first kappa shape index (κ1) is 41.1. The van der Waals surface area contributed by atoms with Gasteiger partial charge >= 0.3 is 16.4 Å². The van der Waals surface area contributed by atoms with Crippen LogP contribution in [0, 0.1) is 0 Å². The molecule has 1 heterocycles. The Bertz CT molecular complexity index is 811. The van der Waals surface area contributed by atoms with Crippen LogP contribution in [0.5, 0.6) is 0 Å². The fourth-order valence-electron chi connectivity index (χ4n) is 5.12. The number of carbonyl (C=O) groups excluding carboxylic acids is 1. The van der Waals surface area contributed by atoms with Gasteiger partial charge in [0.05, 0.1) is 19.8 Å². The highest BCUT2D eigenvalue weighted by Gasteiger charge is 2.48. The maximum absolute atomic E-state index is 12.3. The van der Waals surface area contributed by atoms with Crippen molar-refractivity contribution in [3.8, 4) is 0 Å². The van der Waals surface area contributed by atoms with E-state index in [0.717, 1.165) is 25.7 Å². The number of esters is 1. The van der Waals surface area contributed by atoms with Crippen molar-refractivity contribution in [1.29, 1.82) is 0 Å². The largest absolute Gasteiger partial charge is 0.457 e. The SMILES string of the molecule is CCCCCCCCCCCCCCCCCOCC(COC1OC(CO)C(O)C(OS(=O)(=O)O)C1O)OC(=O)CCCC. The Morgan fingerprint density at radius 1 is 0.773 bits per heavy atom. The lowest BCUT2D eigenvalue weighted by atomic mass is 9.99. The first-order valence-corrected chi connectivity index (χ1v) is 18.2. The molecular weight excluding hydrogens is 596 g/mol. The molecule has 0 bridgehead atoms. The molecule has 0 aromatic rings. The maximum atomic E-state index is 12.3. The number of hydrogen-bond acceptors (Lipinski definition) is 11. The summed E-state index contributed by atoms with van der Waals surface area (Å²) in [7, 11) is -5.04. The van der Waals surface area contributed by atoms with E-state index in [1.165, 1.54) is 77.0 Å². The summed E-state index contributed by atoms with van der Waals surface area (Å²) in [5, 5.41) is 30.2. The lowest BCUT2D eigenvalue weighted by Crippen LogP contribution is -2.60. The molecule has 0 spiro atoms. The molecule has 1 aliphatic rings. The Hall–Kier alpha value is -0.900. The zero-order chi connectivity index (χ0) is 32.6. The van der Waals surface area contributed by atoms with Crippen LogP contribution in [0.25, 0.3) is 0 Å². The molecule has 0 aromatic heterocycles. The van der Waals surface area contributed by atoms with E-state index < -0.39 is 59.8 Å². The van der Waals surface area contributed by atoms with Gasteiger partial charge in [0.25, 0.3) is 0 Å². The van der Waals surface area contributed by atoms with Gasteiger partial charge in [-0.3, -0.25) is 9.35 Å². The lowest BCUT2D eigenvalue weighted by Gasteiger charge is -2.41. The van der Waals surface area contributed by atoms with Gasteiger partial charge in [-0.05, 0) is 12.8 Å². The molecule has 1 saturated heterocycles. The minimum Gasteiger partial charge on any atom is -0.457 e. The van der Waals surface area contributed by atoms with Crippen LogP contribution in [0.1, 0.15) is 129 Å². The number of aliphatic hydroxyl groups excluding tert-OH is 3. The number of ether oxygens (including phenoxy) is 4. The summed E-state index contributed by atoms with van der Waals surface area (Å²) in [5.41, 5.74) is 0. The summed E-state index contributed by atoms with van der Waals surface area (Å²) in [5.74, 6) is -0.433. The molecule has 0 amide bonds. The van der Waals surface area contributed by atoms with Gasteiger partial charge < -0.3 is 34.3 Å². The Morgan fingerprint density at radius 2 is 1.30 bits per heavy atom. The quantitative estimate of drug-likeness (QED) is 0.0523. The first-order chi connectivity index (χ1) is 21.1.